The summed E-state index contributed by atoms with van der Waals surface area (Å²) in [5, 5.41) is 21.9. The number of aromatic nitrogens is 3. The Hall–Kier alpha value is -7.27. The third-order valence-electron chi connectivity index (χ3n) is 18.3. The molecule has 13 rings (SSSR count). The first-order chi connectivity index (χ1) is 48.9. The average Bonchev–Trinajstić information content (AvgIpc) is 1.66. The molecule has 0 unspecified atom stereocenters. The van der Waals surface area contributed by atoms with E-state index in [4.69, 9.17) is 74.9 Å². The maximum Gasteiger partial charge on any atom is 0.496 e. The van der Waals surface area contributed by atoms with Crippen LogP contribution in [0.1, 0.15) is 145 Å². The smallest absolute Gasteiger partial charge is 0.496 e. The molecule has 558 valence electrons. The van der Waals surface area contributed by atoms with E-state index in [-0.39, 0.29) is 45.8 Å². The number of halogens is 8. The van der Waals surface area contributed by atoms with Crippen molar-refractivity contribution in [3.8, 4) is 51.0 Å². The molecule has 23 heteroatoms. The van der Waals surface area contributed by atoms with Crippen LogP contribution in [-0.4, -0.2) is 81.0 Å². The summed E-state index contributed by atoms with van der Waals surface area (Å²) in [6.07, 6.45) is 5.15. The molecule has 0 spiro atoms. The highest BCUT2D eigenvalue weighted by molar-refractivity contribution is 9.11. The standard InChI is InChI=1S/C23H20F2N2O2.C16H18N2O.C11H17BN2O2.C11H14BrClO.C10H10BrClO.C7H7BrO.C4H7Cl/c1-13-9-19-16(23(2,3)12-29-19)10-15(13)14-7-8-20(26-11-14)27-22(28)21-17(24)5-4-6-18(21)25;1-10-6-14-13(16(2,3)9-19-14)7-12(10)11-4-5-15(17)18-8-11;1-10(2)11(3,4)16-12(15-10)8-5-6-9(13)14-7-8;1-7-4-10(14)8(5-9(7)12)11(2,3)6-13;1-10(2)5-13-9-4-8(12)7(11)3-6(9)10;1-5-4-6(9)2-3-7(5)8;1-4(2)3-5/h4-11H,12H2,1-3H3,(H,26,27,28);4-8H,9H2,1-3H3,(H2,17,18);5-7H,1-4H3,(H2,13,14);4-5,14H,6H2,1-3H3;3-4H,5H2,1-2H3;2-4,9H,1H3;1,3H2,2H3. The van der Waals surface area contributed by atoms with E-state index in [1.54, 1.807) is 42.7 Å². The number of ether oxygens (including phenoxy) is 3. The van der Waals surface area contributed by atoms with Crippen molar-refractivity contribution in [3.63, 3.8) is 0 Å². The average molecular weight is 1690 g/mol. The van der Waals surface area contributed by atoms with Gasteiger partial charge in [-0.25, -0.2) is 23.7 Å². The van der Waals surface area contributed by atoms with Crippen molar-refractivity contribution in [2.24, 2.45) is 0 Å². The minimum Gasteiger partial charge on any atom is -0.508 e. The van der Waals surface area contributed by atoms with Gasteiger partial charge < -0.3 is 50.5 Å². The molecule has 0 aliphatic carbocycles. The van der Waals surface area contributed by atoms with Crippen LogP contribution in [0, 0.1) is 39.3 Å². The monoisotopic (exact) mass is 1680 g/mol. The van der Waals surface area contributed by atoms with E-state index in [2.05, 4.69) is 141 Å². The van der Waals surface area contributed by atoms with Crippen LogP contribution in [0.2, 0.25) is 5.02 Å². The fourth-order valence-electron chi connectivity index (χ4n) is 11.0. The van der Waals surface area contributed by atoms with E-state index < -0.39 is 23.1 Å². The Bertz CT molecular complexity index is 4550. The molecule has 14 nitrogen and oxygen atoms in total. The second-order valence-corrected chi connectivity index (χ2v) is 33.3. The number of amides is 1. The number of anilines is 3. The Balaban J connectivity index is 0.000000180. The molecule has 105 heavy (non-hydrogen) atoms. The molecule has 1 saturated heterocycles. The van der Waals surface area contributed by atoms with Gasteiger partial charge in [-0.2, -0.15) is 0 Å². The lowest BCUT2D eigenvalue weighted by molar-refractivity contribution is 0.00578. The highest BCUT2D eigenvalue weighted by Gasteiger charge is 2.52. The first kappa shape index (κ1) is 85.0. The zero-order valence-electron chi connectivity index (χ0n) is 62.5. The van der Waals surface area contributed by atoms with Crippen LogP contribution >= 0.6 is 82.6 Å². The largest absolute Gasteiger partial charge is 0.508 e. The van der Waals surface area contributed by atoms with Gasteiger partial charge in [0.05, 0.1) is 36.0 Å². The van der Waals surface area contributed by atoms with Gasteiger partial charge in [0.15, 0.2) is 0 Å². The van der Waals surface area contributed by atoms with Gasteiger partial charge in [0, 0.05) is 110 Å². The molecule has 7 heterocycles. The van der Waals surface area contributed by atoms with Crippen molar-refractivity contribution in [2.75, 3.05) is 48.4 Å². The van der Waals surface area contributed by atoms with E-state index in [0.717, 1.165) is 112 Å². The number of phenols is 2. The molecular formula is C82H93BBr3Cl3F2N6O8. The molecule has 1 amide bonds. The van der Waals surface area contributed by atoms with E-state index in [9.17, 15) is 18.7 Å². The predicted molar refractivity (Wildman–Crippen MR) is 437 cm³/mol. The highest BCUT2D eigenvalue weighted by atomic mass is 79.9. The van der Waals surface area contributed by atoms with E-state index in [1.807, 2.05) is 130 Å². The topological polar surface area (TPSA) is 206 Å². The number of allylic oxidation sites excluding steroid dienone is 1. The van der Waals surface area contributed by atoms with Crippen molar-refractivity contribution in [1.82, 2.24) is 15.0 Å². The summed E-state index contributed by atoms with van der Waals surface area (Å²) in [5.41, 5.74) is 24.8. The highest BCUT2D eigenvalue weighted by Crippen LogP contribution is 2.46. The van der Waals surface area contributed by atoms with Crippen LogP contribution in [0.25, 0.3) is 22.3 Å². The number of aromatic hydroxyl groups is 2. The Labute approximate surface area is 657 Å². The number of nitrogens with one attached hydrogen (secondary N) is 1. The molecular weight excluding hydrogens is 1590 g/mol. The van der Waals surface area contributed by atoms with E-state index in [0.29, 0.717) is 46.5 Å². The minimum atomic E-state index is -0.919. The molecule has 0 atom stereocenters. The molecule has 0 radical (unpaired) electrons. The van der Waals surface area contributed by atoms with Crippen molar-refractivity contribution in [3.05, 3.63) is 232 Å². The maximum atomic E-state index is 13.8. The number of nitrogens with zero attached hydrogens (tertiary/aromatic N) is 3. The lowest BCUT2D eigenvalue weighted by Crippen LogP contribution is -2.41. The summed E-state index contributed by atoms with van der Waals surface area (Å²) in [7, 11) is -0.363. The number of phenolic OH excluding ortho intramolecular Hbond substituents is 2. The minimum absolute atomic E-state index is 0.0665. The summed E-state index contributed by atoms with van der Waals surface area (Å²) in [6.45, 7) is 40.7. The lowest BCUT2D eigenvalue weighted by Gasteiger charge is -2.32. The molecule has 3 aromatic heterocycles. The molecule has 1 fully saturated rings. The number of nitrogens with two attached hydrogens (primary N) is 2. The summed E-state index contributed by atoms with van der Waals surface area (Å²) in [4.78, 5) is 24.7. The fraction of sp³-hybridized carbons (Fsp3) is 0.341. The van der Waals surface area contributed by atoms with Crippen LogP contribution < -0.4 is 36.5 Å². The summed E-state index contributed by atoms with van der Waals surface area (Å²) in [5.74, 6) is 3.06. The van der Waals surface area contributed by atoms with Crippen LogP contribution in [0.15, 0.2) is 165 Å². The summed E-state index contributed by atoms with van der Waals surface area (Å²) < 4.78 is 59.4. The van der Waals surface area contributed by atoms with Crippen LogP contribution in [0.5, 0.6) is 28.7 Å². The zero-order chi connectivity index (χ0) is 78.1. The SMILES string of the molecule is C=C(C)CCl.CC1(C)COc2cc(Cl)c(Br)cc21.CC1(C)OB(c2ccc(N)nc2)OC1(C)C.Cc1cc(O)c(C(C)(C)CCl)cc1Br.Cc1cc(O)ccc1Br.Cc1cc2c(cc1-c1ccc(N)nc1)C(C)(C)CO2.Cc1cc2c(cc1-c1ccc(NC(=O)c3c(F)cccc3F)nc1)C(C)(C)CO2. The first-order valence-corrected chi connectivity index (χ1v) is 37.6. The van der Waals surface area contributed by atoms with Crippen molar-refractivity contribution in [1.29, 1.82) is 0 Å². The number of nitrogen functional groups attached to an aromatic ring is 2. The number of benzene rings is 6. The van der Waals surface area contributed by atoms with Gasteiger partial charge in [-0.15, -0.1) is 23.2 Å². The van der Waals surface area contributed by atoms with E-state index in [1.165, 1.54) is 28.3 Å². The Morgan fingerprint density at radius 3 is 1.49 bits per heavy atom. The van der Waals surface area contributed by atoms with Crippen molar-refractivity contribution in [2.45, 2.75) is 151 Å². The van der Waals surface area contributed by atoms with Gasteiger partial charge in [0.1, 0.15) is 63.4 Å². The van der Waals surface area contributed by atoms with Crippen LogP contribution in [0.3, 0.4) is 0 Å². The zero-order valence-corrected chi connectivity index (χ0v) is 69.5. The molecule has 0 saturated carbocycles. The number of hydrogen-bond acceptors (Lipinski definition) is 13. The number of pyridine rings is 3. The van der Waals surface area contributed by atoms with E-state index >= 15 is 0 Å². The molecule has 7 N–H and O–H groups in total. The van der Waals surface area contributed by atoms with Gasteiger partial charge in [-0.05, 0) is 215 Å². The normalized spacial score (nSPS) is 15.2. The third kappa shape index (κ3) is 21.8. The molecule has 4 aliphatic rings. The predicted octanol–water partition coefficient (Wildman–Crippen LogP) is 21.5. The number of rotatable bonds is 8. The second kappa shape index (κ2) is 35.2. The Kier molecular flexibility index (Phi) is 28.5. The second-order valence-electron chi connectivity index (χ2n) is 29.8. The number of alkyl halides is 2. The number of fused-ring (bicyclic) bond motifs is 3. The number of carbonyl (C=O) groups is 1. The molecule has 4 aliphatic heterocycles. The maximum absolute atomic E-state index is 13.8. The summed E-state index contributed by atoms with van der Waals surface area (Å²) >= 11 is 27.2. The van der Waals surface area contributed by atoms with Crippen LogP contribution in [0.4, 0.5) is 26.2 Å². The van der Waals surface area contributed by atoms with Gasteiger partial charge in [-0.3, -0.25) is 4.79 Å². The number of carbonyl (C=O) groups excluding carboxylic acids is 1. The van der Waals surface area contributed by atoms with Crippen molar-refractivity contribution < 1.29 is 47.3 Å². The Morgan fingerprint density at radius 1 is 0.600 bits per heavy atom. The summed E-state index contributed by atoms with van der Waals surface area (Å²) in [6, 6.07) is 35.5. The molecule has 0 bridgehead atoms. The first-order valence-electron chi connectivity index (χ1n) is 33.8. The fourth-order valence-corrected chi connectivity index (χ4v) is 12.2. The van der Waals surface area contributed by atoms with Crippen molar-refractivity contribution >= 4 is 119 Å². The van der Waals surface area contributed by atoms with Gasteiger partial charge >= 0.3 is 7.12 Å². The van der Waals surface area contributed by atoms with Gasteiger partial charge in [-0.1, -0.05) is 123 Å². The molecule has 6 aromatic carbocycles. The van der Waals surface area contributed by atoms with Gasteiger partial charge in [0.25, 0.3) is 5.91 Å². The third-order valence-corrected chi connectivity index (χ3v) is 22.3. The number of aryl methyl sites for hydroxylation is 4. The van der Waals surface area contributed by atoms with Gasteiger partial charge in [0.2, 0.25) is 0 Å². The number of hydrogen-bond donors (Lipinski definition) is 5. The quantitative estimate of drug-likeness (QED) is 0.0546. The Morgan fingerprint density at radius 2 is 1.06 bits per heavy atom. The van der Waals surface area contributed by atoms with Crippen LogP contribution in [-0.2, 0) is 31.0 Å². The molecule has 9 aromatic rings. The lowest BCUT2D eigenvalue weighted by atomic mass is 9.80.